The highest BCUT2D eigenvalue weighted by Gasteiger charge is 1.93. The number of hydrogen-bond donors (Lipinski definition) is 2. The fourth-order valence-electron chi connectivity index (χ4n) is 2.09. The van der Waals surface area contributed by atoms with Crippen molar-refractivity contribution in [3.63, 3.8) is 0 Å². The zero-order chi connectivity index (χ0) is 26.6. The molecular formula is C29H67N3. The van der Waals surface area contributed by atoms with Gasteiger partial charge in [-0.05, 0) is 52.7 Å². The third-order valence-corrected chi connectivity index (χ3v) is 3.74. The molecule has 0 aliphatic carbocycles. The largest absolute Gasteiger partial charge is 0.392 e. The Hall–Kier alpha value is -1.22. The monoisotopic (exact) mass is 458 g/mol. The minimum Gasteiger partial charge on any atom is -0.392 e. The van der Waals surface area contributed by atoms with Gasteiger partial charge in [-0.3, -0.25) is 0 Å². The summed E-state index contributed by atoms with van der Waals surface area (Å²) in [5, 5.41) is 6.37. The average molecular weight is 458 g/mol. The summed E-state index contributed by atoms with van der Waals surface area (Å²) in [6.45, 7) is 31.9. The topological polar surface area (TPSA) is 27.3 Å². The van der Waals surface area contributed by atoms with Gasteiger partial charge in [-0.15, -0.1) is 6.58 Å². The Morgan fingerprint density at radius 1 is 0.750 bits per heavy atom. The maximum Gasteiger partial charge on any atom is 0.0155 e. The molecule has 3 heteroatoms. The van der Waals surface area contributed by atoms with Gasteiger partial charge in [-0.2, -0.15) is 0 Å². The van der Waals surface area contributed by atoms with Gasteiger partial charge in [0, 0.05) is 25.0 Å². The van der Waals surface area contributed by atoms with E-state index in [1.807, 2.05) is 68.5 Å². The van der Waals surface area contributed by atoms with Crippen molar-refractivity contribution in [3.05, 3.63) is 37.2 Å². The molecule has 198 valence electrons. The van der Waals surface area contributed by atoms with Crippen LogP contribution in [-0.4, -0.2) is 39.1 Å². The fourth-order valence-corrected chi connectivity index (χ4v) is 2.09. The van der Waals surface area contributed by atoms with Crippen molar-refractivity contribution < 1.29 is 0 Å². The summed E-state index contributed by atoms with van der Waals surface area (Å²) in [6, 6.07) is 0. The van der Waals surface area contributed by atoms with Crippen LogP contribution in [0.15, 0.2) is 37.2 Å². The third kappa shape index (κ3) is 63.0. The van der Waals surface area contributed by atoms with Crippen molar-refractivity contribution in [2.45, 2.75) is 120 Å². The van der Waals surface area contributed by atoms with Crippen LogP contribution < -0.4 is 10.6 Å². The summed E-state index contributed by atoms with van der Waals surface area (Å²) in [4.78, 5) is 2.19. The molecule has 0 saturated heterocycles. The van der Waals surface area contributed by atoms with Gasteiger partial charge in [0.1, 0.15) is 0 Å². The van der Waals surface area contributed by atoms with Crippen molar-refractivity contribution in [2.24, 2.45) is 0 Å². The van der Waals surface area contributed by atoms with Crippen LogP contribution in [0.25, 0.3) is 0 Å². The van der Waals surface area contributed by atoms with E-state index in [-0.39, 0.29) is 0 Å². The van der Waals surface area contributed by atoms with E-state index < -0.39 is 0 Å². The van der Waals surface area contributed by atoms with Gasteiger partial charge in [-0.1, -0.05) is 107 Å². The molecule has 0 aliphatic rings. The van der Waals surface area contributed by atoms with E-state index in [0.29, 0.717) is 0 Å². The van der Waals surface area contributed by atoms with Gasteiger partial charge in [0.15, 0.2) is 0 Å². The molecule has 0 saturated carbocycles. The number of allylic oxidation sites excluding steroid dienone is 3. The van der Waals surface area contributed by atoms with Crippen LogP contribution in [0, 0.1) is 0 Å². The summed E-state index contributed by atoms with van der Waals surface area (Å²) in [7, 11) is 6.12. The molecule has 0 rings (SSSR count). The highest BCUT2D eigenvalue weighted by molar-refractivity contribution is 4.92. The highest BCUT2D eigenvalue weighted by Crippen LogP contribution is 2.07. The quantitative estimate of drug-likeness (QED) is 0.189. The molecule has 0 aromatic heterocycles. The van der Waals surface area contributed by atoms with Gasteiger partial charge in [0.05, 0.1) is 0 Å². The van der Waals surface area contributed by atoms with Crippen molar-refractivity contribution >= 4 is 0 Å². The van der Waals surface area contributed by atoms with Gasteiger partial charge in [0.2, 0.25) is 0 Å². The Morgan fingerprint density at radius 2 is 1.25 bits per heavy atom. The molecule has 0 unspecified atom stereocenters. The fraction of sp³-hybridized carbons (Fsp3) is 0.793. The summed E-state index contributed by atoms with van der Waals surface area (Å²) in [6.07, 6.45) is 13.0. The molecule has 0 aliphatic heterocycles. The standard InChI is InChI=1S/C11H22N2.C10H21N.4C2H6/c1-5-6-8-11(2)12-9-7-10-13(3)4;1-4-5-6-7-8-9-10(2)11-3;4*1-2/h5,12H,1-2,6-10H2,3-4H3;11H,2,4-9H2,1,3H3;4*1-2H3. The van der Waals surface area contributed by atoms with E-state index >= 15 is 0 Å². The van der Waals surface area contributed by atoms with Gasteiger partial charge in [0.25, 0.3) is 0 Å². The molecule has 0 fully saturated rings. The summed E-state index contributed by atoms with van der Waals surface area (Å²) in [5.41, 5.74) is 2.29. The number of unbranched alkanes of at least 4 members (excludes halogenated alkanes) is 4. The lowest BCUT2D eigenvalue weighted by molar-refractivity contribution is 0.397. The second-order valence-electron chi connectivity index (χ2n) is 6.53. The van der Waals surface area contributed by atoms with Gasteiger partial charge < -0.3 is 15.5 Å². The summed E-state index contributed by atoms with van der Waals surface area (Å²) < 4.78 is 0. The van der Waals surface area contributed by atoms with E-state index in [9.17, 15) is 0 Å². The molecule has 0 aromatic rings. The zero-order valence-electron chi connectivity index (χ0n) is 24.9. The maximum atomic E-state index is 3.94. The van der Waals surface area contributed by atoms with Crippen molar-refractivity contribution in [2.75, 3.05) is 34.2 Å². The molecule has 3 nitrogen and oxygen atoms in total. The zero-order valence-corrected chi connectivity index (χ0v) is 24.9. The first-order valence-corrected chi connectivity index (χ1v) is 13.5. The van der Waals surface area contributed by atoms with Crippen molar-refractivity contribution in [1.29, 1.82) is 0 Å². The van der Waals surface area contributed by atoms with E-state index in [1.165, 1.54) is 44.2 Å². The molecule has 0 heterocycles. The molecule has 0 atom stereocenters. The number of rotatable bonds is 15. The summed E-state index contributed by atoms with van der Waals surface area (Å²) in [5.74, 6) is 0. The number of nitrogens with zero attached hydrogens (tertiary/aromatic N) is 1. The molecule has 0 aromatic carbocycles. The Balaban J connectivity index is -0.0000000807. The third-order valence-electron chi connectivity index (χ3n) is 3.74. The molecule has 0 amide bonds. The Bertz CT molecular complexity index is 310. The smallest absolute Gasteiger partial charge is 0.0155 e. The molecule has 2 N–H and O–H groups in total. The van der Waals surface area contributed by atoms with E-state index in [0.717, 1.165) is 38.0 Å². The molecule has 32 heavy (non-hydrogen) atoms. The minimum atomic E-state index is 1.01. The lowest BCUT2D eigenvalue weighted by atomic mass is 10.1. The average Bonchev–Trinajstić information content (AvgIpc) is 2.85. The van der Waals surface area contributed by atoms with E-state index in [1.54, 1.807) is 0 Å². The van der Waals surface area contributed by atoms with Crippen LogP contribution >= 0.6 is 0 Å². The SMILES string of the molecule is C=C(CCCCCCC)NC.C=CCCC(=C)NCCCN(C)C.CC.CC.CC.CC. The maximum absolute atomic E-state index is 3.94. The number of hydrogen-bond acceptors (Lipinski definition) is 3. The van der Waals surface area contributed by atoms with Gasteiger partial charge in [-0.25, -0.2) is 0 Å². The second-order valence-corrected chi connectivity index (χ2v) is 6.53. The van der Waals surface area contributed by atoms with E-state index in [4.69, 9.17) is 0 Å². The molecular weight excluding hydrogens is 390 g/mol. The van der Waals surface area contributed by atoms with Gasteiger partial charge >= 0.3 is 0 Å². The van der Waals surface area contributed by atoms with Crippen LogP contribution in [0.4, 0.5) is 0 Å². The van der Waals surface area contributed by atoms with Crippen LogP contribution in [-0.2, 0) is 0 Å². The molecule has 0 spiro atoms. The predicted molar refractivity (Wildman–Crippen MR) is 157 cm³/mol. The Labute approximate surface area is 207 Å². The van der Waals surface area contributed by atoms with Crippen LogP contribution in [0.2, 0.25) is 0 Å². The Kier molecular flexibility index (Phi) is 72.2. The first kappa shape index (κ1) is 44.5. The van der Waals surface area contributed by atoms with Crippen molar-refractivity contribution in [1.82, 2.24) is 15.5 Å². The van der Waals surface area contributed by atoms with Crippen LogP contribution in [0.3, 0.4) is 0 Å². The lowest BCUT2D eigenvalue weighted by Gasteiger charge is -2.11. The van der Waals surface area contributed by atoms with Crippen LogP contribution in [0.5, 0.6) is 0 Å². The second kappa shape index (κ2) is 52.0. The van der Waals surface area contributed by atoms with E-state index in [2.05, 4.69) is 56.3 Å². The highest BCUT2D eigenvalue weighted by atomic mass is 15.1. The molecule has 0 radical (unpaired) electrons. The Morgan fingerprint density at radius 3 is 1.66 bits per heavy atom. The number of nitrogens with one attached hydrogen (secondary N) is 2. The normalized spacial score (nSPS) is 8.16. The predicted octanol–water partition coefficient (Wildman–Crippen LogP) is 9.19. The lowest BCUT2D eigenvalue weighted by Crippen LogP contribution is -2.20. The first-order chi connectivity index (χ1) is 15.5. The molecule has 0 bridgehead atoms. The van der Waals surface area contributed by atoms with Crippen LogP contribution in [0.1, 0.15) is 120 Å². The summed E-state index contributed by atoms with van der Waals surface area (Å²) >= 11 is 0. The first-order valence-electron chi connectivity index (χ1n) is 13.5. The minimum absolute atomic E-state index is 1.01. The van der Waals surface area contributed by atoms with Crippen molar-refractivity contribution in [3.8, 4) is 0 Å².